The molecule has 9 heteroatoms. The number of esters is 2. The Morgan fingerprint density at radius 2 is 1.85 bits per heavy atom. The highest BCUT2D eigenvalue weighted by molar-refractivity contribution is 6.30. The number of hydrogen-bond donors (Lipinski definition) is 1. The number of methoxy groups -OCH3 is 1. The van der Waals surface area contributed by atoms with E-state index >= 15 is 0 Å². The topological polar surface area (TPSA) is 107 Å². The van der Waals surface area contributed by atoms with Gasteiger partial charge in [0.15, 0.2) is 6.61 Å². The average molecular weight is 390 g/mol. The Labute approximate surface area is 159 Å². The van der Waals surface area contributed by atoms with Gasteiger partial charge in [-0.3, -0.25) is 0 Å². The Morgan fingerprint density at radius 3 is 2.52 bits per heavy atom. The van der Waals surface area contributed by atoms with Crippen molar-refractivity contribution in [3.63, 3.8) is 0 Å². The SMILES string of the molecule is COC(=O)c1c(C)[nH]c(C(=O)OCc2nnc(-c3ccc(Cl)cc3)o2)c1C. The lowest BCUT2D eigenvalue weighted by molar-refractivity contribution is 0.0431. The zero-order chi connectivity index (χ0) is 19.6. The third-order valence-electron chi connectivity index (χ3n) is 3.92. The molecule has 0 amide bonds. The number of hydrogen-bond acceptors (Lipinski definition) is 7. The first-order valence-electron chi connectivity index (χ1n) is 7.93. The molecular weight excluding hydrogens is 374 g/mol. The molecule has 0 aliphatic carbocycles. The van der Waals surface area contributed by atoms with Crippen molar-refractivity contribution in [3.05, 3.63) is 57.7 Å². The lowest BCUT2D eigenvalue weighted by Crippen LogP contribution is -2.08. The van der Waals surface area contributed by atoms with Crippen LogP contribution in [0.3, 0.4) is 0 Å². The van der Waals surface area contributed by atoms with Gasteiger partial charge in [0.2, 0.25) is 5.89 Å². The van der Waals surface area contributed by atoms with Crippen molar-refractivity contribution in [2.45, 2.75) is 20.5 Å². The van der Waals surface area contributed by atoms with Crippen LogP contribution in [0, 0.1) is 13.8 Å². The van der Waals surface area contributed by atoms with Gasteiger partial charge < -0.3 is 18.9 Å². The zero-order valence-corrected chi connectivity index (χ0v) is 15.6. The molecule has 0 spiro atoms. The zero-order valence-electron chi connectivity index (χ0n) is 14.8. The summed E-state index contributed by atoms with van der Waals surface area (Å²) in [5.41, 5.74) is 2.16. The summed E-state index contributed by atoms with van der Waals surface area (Å²) in [6.07, 6.45) is 0. The van der Waals surface area contributed by atoms with Crippen molar-refractivity contribution < 1.29 is 23.5 Å². The minimum atomic E-state index is -0.642. The molecule has 1 aromatic carbocycles. The summed E-state index contributed by atoms with van der Waals surface area (Å²) in [4.78, 5) is 27.0. The van der Waals surface area contributed by atoms with Crippen molar-refractivity contribution in [2.75, 3.05) is 7.11 Å². The van der Waals surface area contributed by atoms with E-state index in [4.69, 9.17) is 25.5 Å². The van der Waals surface area contributed by atoms with Gasteiger partial charge in [0.1, 0.15) is 5.69 Å². The van der Waals surface area contributed by atoms with Crippen LogP contribution < -0.4 is 0 Å². The van der Waals surface area contributed by atoms with Gasteiger partial charge in [0.05, 0.1) is 12.7 Å². The number of aromatic nitrogens is 3. The Kier molecular flexibility index (Phi) is 5.27. The molecule has 0 unspecified atom stereocenters. The molecule has 3 aromatic rings. The van der Waals surface area contributed by atoms with Crippen LogP contribution in [0.25, 0.3) is 11.5 Å². The molecule has 2 aromatic heterocycles. The van der Waals surface area contributed by atoms with Crippen molar-refractivity contribution in [1.82, 2.24) is 15.2 Å². The van der Waals surface area contributed by atoms with E-state index in [1.54, 1.807) is 38.1 Å². The number of aryl methyl sites for hydroxylation is 1. The number of nitrogens with zero attached hydrogens (tertiary/aromatic N) is 2. The second-order valence-electron chi connectivity index (χ2n) is 5.70. The first-order valence-corrected chi connectivity index (χ1v) is 8.31. The third kappa shape index (κ3) is 3.85. The molecule has 0 bridgehead atoms. The van der Waals surface area contributed by atoms with E-state index in [-0.39, 0.29) is 24.1 Å². The molecule has 0 radical (unpaired) electrons. The Balaban J connectivity index is 1.70. The third-order valence-corrected chi connectivity index (χ3v) is 4.17. The summed E-state index contributed by atoms with van der Waals surface area (Å²) in [5.74, 6) is -0.734. The summed E-state index contributed by atoms with van der Waals surface area (Å²) in [6, 6.07) is 6.89. The fourth-order valence-electron chi connectivity index (χ4n) is 2.58. The first-order chi connectivity index (χ1) is 12.9. The summed E-state index contributed by atoms with van der Waals surface area (Å²) in [5, 5.41) is 8.37. The molecule has 0 saturated carbocycles. The van der Waals surface area contributed by atoms with Gasteiger partial charge in [-0.05, 0) is 43.7 Å². The fraction of sp³-hybridized carbons (Fsp3) is 0.222. The molecule has 27 heavy (non-hydrogen) atoms. The molecule has 0 aliphatic rings. The quantitative estimate of drug-likeness (QED) is 0.665. The molecular formula is C18H16ClN3O5. The summed E-state index contributed by atoms with van der Waals surface area (Å²) < 4.78 is 15.4. The molecule has 8 nitrogen and oxygen atoms in total. The number of H-pyrrole nitrogens is 1. The van der Waals surface area contributed by atoms with E-state index in [0.717, 1.165) is 0 Å². The number of rotatable bonds is 5. The Hall–Kier alpha value is -3.13. The average Bonchev–Trinajstić information content (AvgIpc) is 3.24. The number of nitrogens with one attached hydrogen (secondary N) is 1. The number of carbonyl (C=O) groups excluding carboxylic acids is 2. The highest BCUT2D eigenvalue weighted by Crippen LogP contribution is 2.22. The lowest BCUT2D eigenvalue weighted by atomic mass is 10.1. The number of halogens is 1. The minimum Gasteiger partial charge on any atom is -0.465 e. The van der Waals surface area contributed by atoms with Gasteiger partial charge in [-0.1, -0.05) is 11.6 Å². The number of ether oxygens (including phenoxy) is 2. The number of benzene rings is 1. The van der Waals surface area contributed by atoms with Crippen LogP contribution in [0.15, 0.2) is 28.7 Å². The fourth-order valence-corrected chi connectivity index (χ4v) is 2.71. The summed E-state index contributed by atoms with van der Waals surface area (Å²) in [7, 11) is 1.28. The standard InChI is InChI=1S/C18H16ClN3O5/c1-9-14(17(23)25-3)10(2)20-15(9)18(24)26-8-13-21-22-16(27-13)11-4-6-12(19)7-5-11/h4-7,20H,8H2,1-3H3. The molecule has 2 heterocycles. The van der Waals surface area contributed by atoms with E-state index in [1.165, 1.54) is 7.11 Å². The van der Waals surface area contributed by atoms with E-state index in [1.807, 2.05) is 0 Å². The van der Waals surface area contributed by atoms with E-state index in [2.05, 4.69) is 15.2 Å². The molecule has 1 N–H and O–H groups in total. The van der Waals surface area contributed by atoms with Crippen LogP contribution >= 0.6 is 11.6 Å². The van der Waals surface area contributed by atoms with Crippen molar-refractivity contribution in [2.24, 2.45) is 0 Å². The highest BCUT2D eigenvalue weighted by Gasteiger charge is 2.23. The van der Waals surface area contributed by atoms with Gasteiger partial charge in [-0.2, -0.15) is 0 Å². The predicted octanol–water partition coefficient (Wildman–Crippen LogP) is 3.48. The minimum absolute atomic E-state index is 0.141. The number of aromatic amines is 1. The van der Waals surface area contributed by atoms with Gasteiger partial charge in [-0.25, -0.2) is 9.59 Å². The van der Waals surface area contributed by atoms with E-state index in [0.29, 0.717) is 27.4 Å². The summed E-state index contributed by atoms with van der Waals surface area (Å²) >= 11 is 5.85. The maximum atomic E-state index is 12.3. The van der Waals surface area contributed by atoms with E-state index in [9.17, 15) is 9.59 Å². The van der Waals surface area contributed by atoms with Crippen molar-refractivity contribution in [3.8, 4) is 11.5 Å². The molecule has 0 aliphatic heterocycles. The Bertz CT molecular complexity index is 991. The van der Waals surface area contributed by atoms with Gasteiger partial charge >= 0.3 is 11.9 Å². The number of carbonyl (C=O) groups is 2. The van der Waals surface area contributed by atoms with Crippen LogP contribution in [0.4, 0.5) is 0 Å². The van der Waals surface area contributed by atoms with Gasteiger partial charge in [-0.15, -0.1) is 10.2 Å². The second kappa shape index (κ2) is 7.63. The van der Waals surface area contributed by atoms with Crippen molar-refractivity contribution >= 4 is 23.5 Å². The highest BCUT2D eigenvalue weighted by atomic mass is 35.5. The van der Waals surface area contributed by atoms with Gasteiger partial charge in [0, 0.05) is 16.3 Å². The van der Waals surface area contributed by atoms with Crippen molar-refractivity contribution in [1.29, 1.82) is 0 Å². The Morgan fingerprint density at radius 1 is 1.15 bits per heavy atom. The molecule has 0 fully saturated rings. The largest absolute Gasteiger partial charge is 0.465 e. The van der Waals surface area contributed by atoms with Crippen LogP contribution in [0.1, 0.15) is 38.0 Å². The molecule has 3 rings (SSSR count). The van der Waals surface area contributed by atoms with Gasteiger partial charge in [0.25, 0.3) is 5.89 Å². The van der Waals surface area contributed by atoms with Crippen LogP contribution in [-0.2, 0) is 16.1 Å². The van der Waals surface area contributed by atoms with Crippen LogP contribution in [0.5, 0.6) is 0 Å². The summed E-state index contributed by atoms with van der Waals surface area (Å²) in [6.45, 7) is 3.11. The van der Waals surface area contributed by atoms with Crippen LogP contribution in [0.2, 0.25) is 5.02 Å². The normalized spacial score (nSPS) is 10.7. The van der Waals surface area contributed by atoms with Crippen LogP contribution in [-0.4, -0.2) is 34.2 Å². The first kappa shape index (κ1) is 18.7. The monoisotopic (exact) mass is 389 g/mol. The molecule has 140 valence electrons. The maximum Gasteiger partial charge on any atom is 0.355 e. The lowest BCUT2D eigenvalue weighted by Gasteiger charge is -2.02. The maximum absolute atomic E-state index is 12.3. The molecule has 0 saturated heterocycles. The predicted molar refractivity (Wildman–Crippen MR) is 95.5 cm³/mol. The molecule has 0 atom stereocenters. The van der Waals surface area contributed by atoms with E-state index < -0.39 is 11.9 Å². The smallest absolute Gasteiger partial charge is 0.355 e. The second-order valence-corrected chi connectivity index (χ2v) is 6.14.